The summed E-state index contributed by atoms with van der Waals surface area (Å²) in [6, 6.07) is 15.6. The van der Waals surface area contributed by atoms with Gasteiger partial charge in [-0.2, -0.15) is 0 Å². The molecule has 2 aromatic carbocycles. The number of carbonyl (C=O) groups is 1. The molecule has 0 saturated carbocycles. The average molecular weight is 310 g/mol. The number of carbonyl (C=O) groups excluding carboxylic acids is 1. The van der Waals surface area contributed by atoms with Crippen LogP contribution in [0.4, 0.5) is 0 Å². The van der Waals surface area contributed by atoms with Crippen molar-refractivity contribution >= 4 is 11.5 Å². The molecule has 0 atom stereocenters. The highest BCUT2D eigenvalue weighted by molar-refractivity contribution is 5.93. The maximum atomic E-state index is 11.6. The molecule has 23 heavy (non-hydrogen) atoms. The van der Waals surface area contributed by atoms with Gasteiger partial charge >= 0.3 is 5.97 Å². The van der Waals surface area contributed by atoms with Gasteiger partial charge in [0.2, 0.25) is 0 Å². The Morgan fingerprint density at radius 3 is 2.83 bits per heavy atom. The lowest BCUT2D eigenvalue weighted by Gasteiger charge is -2.07. The van der Waals surface area contributed by atoms with Gasteiger partial charge in [-0.3, -0.25) is 0 Å². The van der Waals surface area contributed by atoms with Crippen LogP contribution in [0.15, 0.2) is 54.6 Å². The fourth-order valence-electron chi connectivity index (χ4n) is 2.40. The highest BCUT2D eigenvalue weighted by atomic mass is 16.5. The highest BCUT2D eigenvalue weighted by Crippen LogP contribution is 2.36. The van der Waals surface area contributed by atoms with Crippen molar-refractivity contribution in [2.45, 2.75) is 13.5 Å². The summed E-state index contributed by atoms with van der Waals surface area (Å²) in [5.74, 6) is 1.12. The minimum Gasteiger partial charge on any atom is -0.489 e. The van der Waals surface area contributed by atoms with Gasteiger partial charge in [0.1, 0.15) is 24.7 Å². The minimum absolute atomic E-state index is 0.344. The van der Waals surface area contributed by atoms with E-state index < -0.39 is 0 Å². The molecule has 0 unspecified atom stereocenters. The molecule has 1 aliphatic heterocycles. The van der Waals surface area contributed by atoms with Crippen molar-refractivity contribution < 1.29 is 19.0 Å². The third kappa shape index (κ3) is 3.72. The summed E-state index contributed by atoms with van der Waals surface area (Å²) in [5.41, 5.74) is 2.84. The number of hydrogen-bond acceptors (Lipinski definition) is 4. The molecule has 0 amide bonds. The molecule has 1 heterocycles. The van der Waals surface area contributed by atoms with E-state index in [0.29, 0.717) is 19.8 Å². The van der Waals surface area contributed by atoms with Crippen LogP contribution in [0.5, 0.6) is 11.5 Å². The topological polar surface area (TPSA) is 44.8 Å². The Morgan fingerprint density at radius 2 is 2.04 bits per heavy atom. The Kier molecular flexibility index (Phi) is 4.62. The first-order valence-corrected chi connectivity index (χ1v) is 7.57. The van der Waals surface area contributed by atoms with Crippen molar-refractivity contribution in [3.63, 3.8) is 0 Å². The van der Waals surface area contributed by atoms with E-state index in [1.807, 2.05) is 48.5 Å². The molecule has 0 aromatic heterocycles. The molecule has 0 bridgehead atoms. The summed E-state index contributed by atoms with van der Waals surface area (Å²) >= 11 is 0. The fraction of sp³-hybridized carbons (Fsp3) is 0.211. The molecule has 0 aliphatic carbocycles. The zero-order valence-electron chi connectivity index (χ0n) is 13.0. The minimum atomic E-state index is -0.344. The van der Waals surface area contributed by atoms with E-state index >= 15 is 0 Å². The van der Waals surface area contributed by atoms with E-state index in [0.717, 1.165) is 28.2 Å². The first-order valence-electron chi connectivity index (χ1n) is 7.57. The highest BCUT2D eigenvalue weighted by Gasteiger charge is 2.19. The average Bonchev–Trinajstić information content (AvgIpc) is 2.96. The van der Waals surface area contributed by atoms with Crippen LogP contribution in [0.2, 0.25) is 0 Å². The van der Waals surface area contributed by atoms with Crippen LogP contribution in [-0.4, -0.2) is 19.2 Å². The van der Waals surface area contributed by atoms with Gasteiger partial charge in [0.15, 0.2) is 0 Å². The first-order chi connectivity index (χ1) is 11.3. The van der Waals surface area contributed by atoms with Gasteiger partial charge < -0.3 is 14.2 Å². The molecule has 0 N–H and O–H groups in total. The molecule has 4 heteroatoms. The van der Waals surface area contributed by atoms with Crippen LogP contribution in [0.1, 0.15) is 18.1 Å². The summed E-state index contributed by atoms with van der Waals surface area (Å²) < 4.78 is 16.3. The predicted octanol–water partition coefficient (Wildman–Crippen LogP) is 3.60. The molecule has 118 valence electrons. The van der Waals surface area contributed by atoms with Gasteiger partial charge in [0, 0.05) is 23.3 Å². The van der Waals surface area contributed by atoms with Gasteiger partial charge in [0.05, 0.1) is 6.61 Å². The molecular weight excluding hydrogens is 292 g/mol. The Hall–Kier alpha value is -2.75. The Bertz CT molecular complexity index is 719. The largest absolute Gasteiger partial charge is 0.489 e. The maximum Gasteiger partial charge on any atom is 0.331 e. The summed E-state index contributed by atoms with van der Waals surface area (Å²) in [5, 5.41) is 0. The molecule has 2 aromatic rings. The molecular formula is C19H18O4. The van der Waals surface area contributed by atoms with Crippen LogP contribution < -0.4 is 9.47 Å². The van der Waals surface area contributed by atoms with Crippen molar-refractivity contribution in [2.24, 2.45) is 0 Å². The van der Waals surface area contributed by atoms with E-state index in [-0.39, 0.29) is 5.97 Å². The van der Waals surface area contributed by atoms with Crippen LogP contribution in [0, 0.1) is 0 Å². The second-order valence-corrected chi connectivity index (χ2v) is 5.14. The molecule has 3 rings (SSSR count). The van der Waals surface area contributed by atoms with E-state index in [2.05, 4.69) is 0 Å². The van der Waals surface area contributed by atoms with Crippen LogP contribution in [0.25, 0.3) is 5.57 Å². The quantitative estimate of drug-likeness (QED) is 0.625. The molecule has 0 radical (unpaired) electrons. The van der Waals surface area contributed by atoms with Crippen LogP contribution in [0.3, 0.4) is 0 Å². The zero-order valence-corrected chi connectivity index (χ0v) is 13.0. The number of ether oxygens (including phenoxy) is 3. The Labute approximate surface area is 135 Å². The van der Waals surface area contributed by atoms with Crippen molar-refractivity contribution in [2.75, 3.05) is 13.2 Å². The van der Waals surface area contributed by atoms with E-state index in [4.69, 9.17) is 14.2 Å². The Morgan fingerprint density at radius 1 is 1.22 bits per heavy atom. The lowest BCUT2D eigenvalue weighted by atomic mass is 10.1. The second-order valence-electron chi connectivity index (χ2n) is 5.14. The molecule has 0 fully saturated rings. The summed E-state index contributed by atoms with van der Waals surface area (Å²) in [6.07, 6.45) is 1.49. The normalized spacial score (nSPS) is 14.2. The van der Waals surface area contributed by atoms with E-state index in [1.165, 1.54) is 6.08 Å². The van der Waals surface area contributed by atoms with Gasteiger partial charge in [-0.1, -0.05) is 30.3 Å². The number of fused-ring (bicyclic) bond motifs is 1. The second kappa shape index (κ2) is 7.01. The third-order valence-corrected chi connectivity index (χ3v) is 3.51. The van der Waals surface area contributed by atoms with Gasteiger partial charge in [-0.05, 0) is 24.6 Å². The van der Waals surface area contributed by atoms with E-state index in [9.17, 15) is 4.79 Å². The lowest BCUT2D eigenvalue weighted by molar-refractivity contribution is -0.137. The number of hydrogen-bond donors (Lipinski definition) is 0. The number of benzene rings is 2. The Balaban J connectivity index is 1.70. The summed E-state index contributed by atoms with van der Waals surface area (Å²) in [6.45, 7) is 3.02. The molecule has 0 saturated heterocycles. The molecule has 0 spiro atoms. The zero-order chi connectivity index (χ0) is 16.1. The third-order valence-electron chi connectivity index (χ3n) is 3.51. The van der Waals surface area contributed by atoms with Gasteiger partial charge in [-0.15, -0.1) is 0 Å². The van der Waals surface area contributed by atoms with Gasteiger partial charge in [-0.25, -0.2) is 4.79 Å². The predicted molar refractivity (Wildman–Crippen MR) is 87.3 cm³/mol. The van der Waals surface area contributed by atoms with Crippen molar-refractivity contribution in [3.8, 4) is 11.5 Å². The van der Waals surface area contributed by atoms with Crippen LogP contribution >= 0.6 is 0 Å². The maximum absolute atomic E-state index is 11.6. The first kappa shape index (κ1) is 15.2. The number of esters is 1. The summed E-state index contributed by atoms with van der Waals surface area (Å²) in [7, 11) is 0. The van der Waals surface area contributed by atoms with Crippen molar-refractivity contribution in [1.29, 1.82) is 0 Å². The van der Waals surface area contributed by atoms with Gasteiger partial charge in [0.25, 0.3) is 0 Å². The van der Waals surface area contributed by atoms with Crippen LogP contribution in [-0.2, 0) is 16.1 Å². The lowest BCUT2D eigenvalue weighted by Crippen LogP contribution is -2.01. The fourth-order valence-corrected chi connectivity index (χ4v) is 2.40. The van der Waals surface area contributed by atoms with Crippen molar-refractivity contribution in [3.05, 3.63) is 65.7 Å². The standard InChI is InChI=1S/C19H18O4/c1-2-21-19(20)10-15-13-23-18-11-16(8-9-17(15)18)22-12-14-6-4-3-5-7-14/h3-11H,2,12-13H2,1H3. The van der Waals surface area contributed by atoms with Crippen molar-refractivity contribution in [1.82, 2.24) is 0 Å². The smallest absolute Gasteiger partial charge is 0.331 e. The molecule has 4 nitrogen and oxygen atoms in total. The monoisotopic (exact) mass is 310 g/mol. The number of rotatable bonds is 5. The summed E-state index contributed by atoms with van der Waals surface area (Å²) in [4.78, 5) is 11.6. The SMILES string of the molecule is CCOC(=O)C=C1COc2cc(OCc3ccccc3)ccc21. The van der Waals surface area contributed by atoms with E-state index in [1.54, 1.807) is 6.92 Å². The molecule has 1 aliphatic rings.